The van der Waals surface area contributed by atoms with Crippen LogP contribution in [0.3, 0.4) is 0 Å². The largest absolute Gasteiger partial charge is 0.492 e. The second kappa shape index (κ2) is 7.93. The van der Waals surface area contributed by atoms with E-state index in [4.69, 9.17) is 9.47 Å². The summed E-state index contributed by atoms with van der Waals surface area (Å²) in [6, 6.07) is 12.9. The maximum absolute atomic E-state index is 11.7. The SMILES string of the molecule is COC(=O)c1ccc2ncc(-c3ccc(OCCN(C)C)cc3)nc2c1. The van der Waals surface area contributed by atoms with Crippen molar-refractivity contribution in [2.75, 3.05) is 34.4 Å². The number of hydrogen-bond acceptors (Lipinski definition) is 6. The fraction of sp³-hybridized carbons (Fsp3) is 0.250. The third kappa shape index (κ3) is 4.15. The first-order valence-corrected chi connectivity index (χ1v) is 8.30. The molecule has 3 rings (SSSR count). The summed E-state index contributed by atoms with van der Waals surface area (Å²) in [4.78, 5) is 22.8. The van der Waals surface area contributed by atoms with Gasteiger partial charge in [-0.05, 0) is 56.6 Å². The van der Waals surface area contributed by atoms with Gasteiger partial charge >= 0.3 is 5.97 Å². The summed E-state index contributed by atoms with van der Waals surface area (Å²) < 4.78 is 10.5. The number of aromatic nitrogens is 2. The number of rotatable bonds is 6. The molecule has 26 heavy (non-hydrogen) atoms. The van der Waals surface area contributed by atoms with Gasteiger partial charge in [0.25, 0.3) is 0 Å². The van der Waals surface area contributed by atoms with Gasteiger partial charge < -0.3 is 14.4 Å². The minimum Gasteiger partial charge on any atom is -0.492 e. The van der Waals surface area contributed by atoms with E-state index in [0.29, 0.717) is 17.7 Å². The number of fused-ring (bicyclic) bond motifs is 1. The van der Waals surface area contributed by atoms with Gasteiger partial charge in [0.1, 0.15) is 12.4 Å². The lowest BCUT2D eigenvalue weighted by molar-refractivity contribution is 0.0601. The van der Waals surface area contributed by atoms with Crippen LogP contribution in [0.1, 0.15) is 10.4 Å². The fourth-order valence-corrected chi connectivity index (χ4v) is 2.46. The number of likely N-dealkylation sites (N-methyl/N-ethyl adjacent to an activating group) is 1. The molecule has 0 aliphatic carbocycles. The molecule has 0 amide bonds. The number of ether oxygens (including phenoxy) is 2. The standard InChI is InChI=1S/C20H21N3O3/c1-23(2)10-11-26-16-7-4-14(5-8-16)19-13-21-17-9-6-15(20(24)25-3)12-18(17)22-19/h4-9,12-13H,10-11H2,1-3H3. The van der Waals surface area contributed by atoms with Crippen molar-refractivity contribution >= 4 is 17.0 Å². The number of hydrogen-bond donors (Lipinski definition) is 0. The summed E-state index contributed by atoms with van der Waals surface area (Å²) in [6.07, 6.45) is 1.72. The highest BCUT2D eigenvalue weighted by Gasteiger charge is 2.09. The molecule has 0 aliphatic heterocycles. The van der Waals surface area contributed by atoms with E-state index in [1.165, 1.54) is 7.11 Å². The zero-order chi connectivity index (χ0) is 18.5. The Labute approximate surface area is 152 Å². The van der Waals surface area contributed by atoms with E-state index in [2.05, 4.69) is 14.9 Å². The Morgan fingerprint density at radius 2 is 1.85 bits per heavy atom. The second-order valence-corrected chi connectivity index (χ2v) is 6.13. The van der Waals surface area contributed by atoms with Gasteiger partial charge in [0.05, 0.1) is 35.6 Å². The van der Waals surface area contributed by atoms with Gasteiger partial charge in [0, 0.05) is 12.1 Å². The van der Waals surface area contributed by atoms with Gasteiger partial charge in [-0.1, -0.05) is 0 Å². The Balaban J connectivity index is 1.82. The zero-order valence-electron chi connectivity index (χ0n) is 15.1. The molecule has 0 spiro atoms. The van der Waals surface area contributed by atoms with Crippen molar-refractivity contribution < 1.29 is 14.3 Å². The van der Waals surface area contributed by atoms with Crippen LogP contribution in [-0.4, -0.2) is 55.2 Å². The highest BCUT2D eigenvalue weighted by Crippen LogP contribution is 2.22. The van der Waals surface area contributed by atoms with Crippen molar-refractivity contribution in [2.24, 2.45) is 0 Å². The van der Waals surface area contributed by atoms with Gasteiger partial charge in [-0.15, -0.1) is 0 Å². The molecule has 0 radical (unpaired) electrons. The summed E-state index contributed by atoms with van der Waals surface area (Å²) in [6.45, 7) is 1.50. The molecule has 1 heterocycles. The number of esters is 1. The monoisotopic (exact) mass is 351 g/mol. The molecule has 0 aliphatic rings. The van der Waals surface area contributed by atoms with Crippen molar-refractivity contribution in [1.82, 2.24) is 14.9 Å². The number of nitrogens with zero attached hydrogens (tertiary/aromatic N) is 3. The van der Waals surface area contributed by atoms with Crippen molar-refractivity contribution in [3.8, 4) is 17.0 Å². The highest BCUT2D eigenvalue weighted by molar-refractivity contribution is 5.93. The van der Waals surface area contributed by atoms with E-state index in [1.54, 1.807) is 24.4 Å². The van der Waals surface area contributed by atoms with Gasteiger partial charge in [-0.2, -0.15) is 0 Å². The third-order valence-electron chi connectivity index (χ3n) is 3.92. The summed E-state index contributed by atoms with van der Waals surface area (Å²) in [5.41, 5.74) is 3.50. The lowest BCUT2D eigenvalue weighted by Crippen LogP contribution is -2.19. The smallest absolute Gasteiger partial charge is 0.337 e. The Bertz CT molecular complexity index is 908. The lowest BCUT2D eigenvalue weighted by atomic mass is 10.1. The van der Waals surface area contributed by atoms with E-state index in [9.17, 15) is 4.79 Å². The van der Waals surface area contributed by atoms with Crippen LogP contribution >= 0.6 is 0 Å². The van der Waals surface area contributed by atoms with Gasteiger partial charge in [-0.25, -0.2) is 9.78 Å². The molecule has 0 saturated carbocycles. The normalized spacial score (nSPS) is 10.9. The van der Waals surface area contributed by atoms with Gasteiger partial charge in [-0.3, -0.25) is 4.98 Å². The number of benzene rings is 2. The number of carbonyl (C=O) groups excluding carboxylic acids is 1. The zero-order valence-corrected chi connectivity index (χ0v) is 15.1. The average Bonchev–Trinajstić information content (AvgIpc) is 2.66. The van der Waals surface area contributed by atoms with E-state index in [-0.39, 0.29) is 0 Å². The molecule has 3 aromatic rings. The van der Waals surface area contributed by atoms with Crippen LogP contribution in [0.5, 0.6) is 5.75 Å². The van der Waals surface area contributed by atoms with E-state index in [1.807, 2.05) is 38.4 Å². The van der Waals surface area contributed by atoms with E-state index >= 15 is 0 Å². The predicted octanol–water partition coefficient (Wildman–Crippen LogP) is 3.02. The quantitative estimate of drug-likeness (QED) is 0.636. The minimum atomic E-state index is -0.390. The molecule has 0 N–H and O–H groups in total. The van der Waals surface area contributed by atoms with Crippen LogP contribution in [0.15, 0.2) is 48.7 Å². The summed E-state index contributed by atoms with van der Waals surface area (Å²) in [7, 11) is 5.38. The van der Waals surface area contributed by atoms with Gasteiger partial charge in [0.15, 0.2) is 0 Å². The molecule has 0 fully saturated rings. The first-order chi connectivity index (χ1) is 12.6. The molecule has 1 aromatic heterocycles. The van der Waals surface area contributed by atoms with Crippen molar-refractivity contribution in [3.05, 3.63) is 54.2 Å². The Kier molecular flexibility index (Phi) is 5.43. The molecule has 0 bridgehead atoms. The van der Waals surface area contributed by atoms with Gasteiger partial charge in [0.2, 0.25) is 0 Å². The van der Waals surface area contributed by atoms with E-state index in [0.717, 1.165) is 29.1 Å². The molecular weight excluding hydrogens is 330 g/mol. The van der Waals surface area contributed by atoms with Crippen LogP contribution in [0.25, 0.3) is 22.3 Å². The second-order valence-electron chi connectivity index (χ2n) is 6.13. The number of methoxy groups -OCH3 is 1. The summed E-state index contributed by atoms with van der Waals surface area (Å²) >= 11 is 0. The van der Waals surface area contributed by atoms with Crippen LogP contribution < -0.4 is 4.74 Å². The first-order valence-electron chi connectivity index (χ1n) is 8.30. The Morgan fingerprint density at radius 3 is 2.54 bits per heavy atom. The van der Waals surface area contributed by atoms with E-state index < -0.39 is 5.97 Å². The Hall–Kier alpha value is -2.99. The molecule has 134 valence electrons. The van der Waals surface area contributed by atoms with Crippen molar-refractivity contribution in [3.63, 3.8) is 0 Å². The van der Waals surface area contributed by atoms with Crippen LogP contribution in [0.4, 0.5) is 0 Å². The van der Waals surface area contributed by atoms with Crippen LogP contribution in [0, 0.1) is 0 Å². The highest BCUT2D eigenvalue weighted by atomic mass is 16.5. The maximum atomic E-state index is 11.7. The first kappa shape index (κ1) is 17.8. The fourth-order valence-electron chi connectivity index (χ4n) is 2.46. The molecule has 0 unspecified atom stereocenters. The maximum Gasteiger partial charge on any atom is 0.337 e. The molecule has 6 nitrogen and oxygen atoms in total. The number of carbonyl (C=O) groups is 1. The van der Waals surface area contributed by atoms with Crippen molar-refractivity contribution in [2.45, 2.75) is 0 Å². The average molecular weight is 351 g/mol. The minimum absolute atomic E-state index is 0.390. The van der Waals surface area contributed by atoms with Crippen molar-refractivity contribution in [1.29, 1.82) is 0 Å². The molecular formula is C20H21N3O3. The predicted molar refractivity (Wildman–Crippen MR) is 100 cm³/mol. The lowest BCUT2D eigenvalue weighted by Gasteiger charge is -2.11. The molecule has 0 saturated heterocycles. The molecule has 2 aromatic carbocycles. The van der Waals surface area contributed by atoms with Crippen LogP contribution in [0.2, 0.25) is 0 Å². The Morgan fingerprint density at radius 1 is 1.08 bits per heavy atom. The third-order valence-corrected chi connectivity index (χ3v) is 3.92. The summed E-state index contributed by atoms with van der Waals surface area (Å²) in [5, 5.41) is 0. The topological polar surface area (TPSA) is 64.6 Å². The van der Waals surface area contributed by atoms with Crippen LogP contribution in [-0.2, 0) is 4.74 Å². The summed E-state index contributed by atoms with van der Waals surface area (Å²) in [5.74, 6) is 0.427. The molecule has 0 atom stereocenters. The molecule has 6 heteroatoms.